The molecular formula is C23H16Cl2FNO2. The highest BCUT2D eigenvalue weighted by Gasteiger charge is 2.42. The zero-order chi connectivity index (χ0) is 20.5. The number of rotatable bonds is 4. The van der Waals surface area contributed by atoms with E-state index in [0.29, 0.717) is 26.7 Å². The first-order valence-corrected chi connectivity index (χ1v) is 9.70. The van der Waals surface area contributed by atoms with Crippen LogP contribution >= 0.6 is 23.2 Å². The lowest BCUT2D eigenvalue weighted by atomic mass is 9.93. The van der Waals surface area contributed by atoms with Crippen LogP contribution in [0.5, 0.6) is 0 Å². The van der Waals surface area contributed by atoms with Crippen LogP contribution in [0.25, 0.3) is 5.57 Å². The molecule has 1 amide bonds. The lowest BCUT2D eigenvalue weighted by molar-refractivity contribution is -0.130. The summed E-state index contributed by atoms with van der Waals surface area (Å²) in [6, 6.07) is 19.3. The van der Waals surface area contributed by atoms with Gasteiger partial charge in [-0.15, -0.1) is 0 Å². The second-order valence-electron chi connectivity index (χ2n) is 6.75. The number of hydrogen-bond acceptors (Lipinski definition) is 2. The minimum atomic E-state index is -0.777. The summed E-state index contributed by atoms with van der Waals surface area (Å²) in [4.78, 5) is 14.4. The first-order chi connectivity index (χ1) is 14.0. The fraction of sp³-hybridized carbons (Fsp3) is 0.0870. The van der Waals surface area contributed by atoms with E-state index >= 15 is 0 Å². The van der Waals surface area contributed by atoms with Gasteiger partial charge in [0.2, 0.25) is 0 Å². The number of amides is 1. The summed E-state index contributed by atoms with van der Waals surface area (Å²) >= 11 is 11.9. The predicted octanol–water partition coefficient (Wildman–Crippen LogP) is 6.19. The van der Waals surface area contributed by atoms with E-state index < -0.39 is 23.5 Å². The molecule has 0 saturated carbocycles. The summed E-state index contributed by atoms with van der Waals surface area (Å²) in [6.07, 6.45) is 0. The molecule has 0 fully saturated rings. The number of benzene rings is 3. The molecule has 0 unspecified atom stereocenters. The number of aliphatic hydroxyl groups excluding tert-OH is 1. The van der Waals surface area contributed by atoms with E-state index in [2.05, 4.69) is 0 Å². The van der Waals surface area contributed by atoms with Crippen molar-refractivity contribution < 1.29 is 14.3 Å². The Labute approximate surface area is 177 Å². The number of hydrogen-bond donors (Lipinski definition) is 1. The monoisotopic (exact) mass is 427 g/mol. The van der Waals surface area contributed by atoms with Crippen LogP contribution < -0.4 is 0 Å². The Balaban J connectivity index is 1.83. The van der Waals surface area contributed by atoms with Gasteiger partial charge < -0.3 is 10.0 Å². The van der Waals surface area contributed by atoms with Gasteiger partial charge in [-0.25, -0.2) is 4.39 Å². The highest BCUT2D eigenvalue weighted by atomic mass is 35.5. The zero-order valence-electron chi connectivity index (χ0n) is 15.1. The Kier molecular flexibility index (Phi) is 5.31. The second kappa shape index (κ2) is 7.90. The van der Waals surface area contributed by atoms with Crippen molar-refractivity contribution in [3.05, 3.63) is 111 Å². The van der Waals surface area contributed by atoms with Crippen LogP contribution in [-0.4, -0.2) is 15.9 Å². The molecule has 4 rings (SSSR count). The summed E-state index contributed by atoms with van der Waals surface area (Å²) in [5.41, 5.74) is 2.08. The average molecular weight is 428 g/mol. The Morgan fingerprint density at radius 2 is 1.48 bits per heavy atom. The summed E-state index contributed by atoms with van der Waals surface area (Å²) in [5.74, 6) is -1.40. The van der Waals surface area contributed by atoms with Crippen LogP contribution in [0, 0.1) is 5.82 Å². The third-order valence-corrected chi connectivity index (χ3v) is 5.43. The summed E-state index contributed by atoms with van der Waals surface area (Å²) in [7, 11) is 0. The van der Waals surface area contributed by atoms with Crippen molar-refractivity contribution in [2.45, 2.75) is 12.6 Å². The molecule has 0 spiro atoms. The van der Waals surface area contributed by atoms with Gasteiger partial charge in [0.15, 0.2) is 5.76 Å². The molecule has 6 heteroatoms. The standard InChI is InChI=1S/C23H16Cl2FNO2/c24-16-9-5-14(6-10-16)13-27-21(18-3-1-2-4-19(18)26)20(22(28)23(27)29)15-7-11-17(25)12-8-15/h1-12,21,28H,13H2/t21-/m1/s1. The van der Waals surface area contributed by atoms with Crippen molar-refractivity contribution in [1.29, 1.82) is 0 Å². The van der Waals surface area contributed by atoms with Gasteiger partial charge >= 0.3 is 0 Å². The molecule has 146 valence electrons. The normalized spacial score (nSPS) is 16.6. The van der Waals surface area contributed by atoms with Crippen molar-refractivity contribution in [2.75, 3.05) is 0 Å². The van der Waals surface area contributed by atoms with Gasteiger partial charge in [-0.05, 0) is 41.5 Å². The molecule has 29 heavy (non-hydrogen) atoms. The van der Waals surface area contributed by atoms with Crippen LogP contribution in [0.15, 0.2) is 78.6 Å². The minimum absolute atomic E-state index is 0.191. The van der Waals surface area contributed by atoms with Gasteiger partial charge in [-0.3, -0.25) is 4.79 Å². The van der Waals surface area contributed by atoms with Gasteiger partial charge in [-0.1, -0.05) is 65.7 Å². The molecule has 0 aromatic heterocycles. The molecule has 1 atom stereocenters. The maximum Gasteiger partial charge on any atom is 0.290 e. The fourth-order valence-electron chi connectivity index (χ4n) is 3.55. The van der Waals surface area contributed by atoms with Crippen molar-refractivity contribution in [1.82, 2.24) is 4.90 Å². The lowest BCUT2D eigenvalue weighted by Crippen LogP contribution is -2.30. The number of aliphatic hydroxyl groups is 1. The SMILES string of the molecule is O=C1C(O)=C(c2ccc(Cl)cc2)[C@@H](c2ccccc2F)N1Cc1ccc(Cl)cc1. The molecule has 0 saturated heterocycles. The van der Waals surface area contributed by atoms with Crippen LogP contribution in [0.4, 0.5) is 4.39 Å². The van der Waals surface area contributed by atoms with Crippen molar-refractivity contribution in [2.24, 2.45) is 0 Å². The van der Waals surface area contributed by atoms with E-state index in [-0.39, 0.29) is 6.54 Å². The zero-order valence-corrected chi connectivity index (χ0v) is 16.7. The largest absolute Gasteiger partial charge is 0.503 e. The number of nitrogens with zero attached hydrogens (tertiary/aromatic N) is 1. The minimum Gasteiger partial charge on any atom is -0.503 e. The molecule has 3 aromatic carbocycles. The van der Waals surface area contributed by atoms with Gasteiger partial charge in [0, 0.05) is 27.7 Å². The number of halogens is 3. The summed E-state index contributed by atoms with van der Waals surface area (Å²) in [5, 5.41) is 11.8. The molecule has 1 aliphatic rings. The molecule has 1 heterocycles. The Morgan fingerprint density at radius 1 is 0.897 bits per heavy atom. The van der Waals surface area contributed by atoms with E-state index in [1.54, 1.807) is 66.7 Å². The smallest absolute Gasteiger partial charge is 0.290 e. The maximum atomic E-state index is 14.7. The van der Waals surface area contributed by atoms with E-state index in [0.717, 1.165) is 5.56 Å². The third-order valence-electron chi connectivity index (χ3n) is 4.92. The van der Waals surface area contributed by atoms with Crippen LogP contribution in [0.1, 0.15) is 22.7 Å². The Bertz CT molecular complexity index is 1090. The molecule has 1 N–H and O–H groups in total. The summed E-state index contributed by atoms with van der Waals surface area (Å²) in [6.45, 7) is 0.191. The quantitative estimate of drug-likeness (QED) is 0.539. The van der Waals surface area contributed by atoms with Crippen LogP contribution in [0.2, 0.25) is 10.0 Å². The van der Waals surface area contributed by atoms with E-state index in [1.165, 1.54) is 11.0 Å². The maximum absolute atomic E-state index is 14.7. The Morgan fingerprint density at radius 3 is 2.10 bits per heavy atom. The first kappa shape index (κ1) is 19.5. The van der Waals surface area contributed by atoms with Gasteiger partial charge in [0.05, 0.1) is 6.04 Å². The van der Waals surface area contributed by atoms with Gasteiger partial charge in [0.25, 0.3) is 5.91 Å². The van der Waals surface area contributed by atoms with Gasteiger partial charge in [-0.2, -0.15) is 0 Å². The van der Waals surface area contributed by atoms with E-state index in [9.17, 15) is 14.3 Å². The van der Waals surface area contributed by atoms with Crippen molar-refractivity contribution in [3.63, 3.8) is 0 Å². The second-order valence-corrected chi connectivity index (χ2v) is 7.63. The van der Waals surface area contributed by atoms with Crippen LogP contribution in [0.3, 0.4) is 0 Å². The molecule has 1 aliphatic heterocycles. The topological polar surface area (TPSA) is 40.5 Å². The first-order valence-electron chi connectivity index (χ1n) is 8.94. The molecule has 0 aliphatic carbocycles. The fourth-order valence-corrected chi connectivity index (χ4v) is 3.80. The highest BCUT2D eigenvalue weighted by Crippen LogP contribution is 2.44. The van der Waals surface area contributed by atoms with E-state index in [4.69, 9.17) is 23.2 Å². The average Bonchev–Trinajstić information content (AvgIpc) is 2.95. The number of carbonyl (C=O) groups is 1. The highest BCUT2D eigenvalue weighted by molar-refractivity contribution is 6.30. The van der Waals surface area contributed by atoms with Gasteiger partial charge in [0.1, 0.15) is 5.82 Å². The van der Waals surface area contributed by atoms with Crippen LogP contribution in [-0.2, 0) is 11.3 Å². The molecule has 0 bridgehead atoms. The van der Waals surface area contributed by atoms with Crippen molar-refractivity contribution >= 4 is 34.7 Å². The third kappa shape index (κ3) is 3.74. The molecule has 0 radical (unpaired) electrons. The Hall–Kier alpha value is -2.82. The molecule has 3 nitrogen and oxygen atoms in total. The van der Waals surface area contributed by atoms with E-state index in [1.807, 2.05) is 0 Å². The predicted molar refractivity (Wildman–Crippen MR) is 112 cm³/mol. The van der Waals surface area contributed by atoms with Crippen molar-refractivity contribution in [3.8, 4) is 0 Å². The summed E-state index contributed by atoms with van der Waals surface area (Å²) < 4.78 is 14.7. The molecule has 3 aromatic rings. The molecular weight excluding hydrogens is 412 g/mol. The lowest BCUT2D eigenvalue weighted by Gasteiger charge is -2.28. The number of carbonyl (C=O) groups excluding carboxylic acids is 1.